The summed E-state index contributed by atoms with van der Waals surface area (Å²) in [5.41, 5.74) is 6.50. The summed E-state index contributed by atoms with van der Waals surface area (Å²) in [6.07, 6.45) is 4.20. The Hall–Kier alpha value is -1.84. The summed E-state index contributed by atoms with van der Waals surface area (Å²) < 4.78 is 0. The molecule has 0 aliphatic heterocycles. The van der Waals surface area contributed by atoms with Crippen LogP contribution < -0.4 is 11.1 Å². The molecule has 4 nitrogen and oxygen atoms in total. The highest BCUT2D eigenvalue weighted by molar-refractivity contribution is 6.00. The van der Waals surface area contributed by atoms with E-state index in [0.717, 1.165) is 0 Å². The van der Waals surface area contributed by atoms with Crippen molar-refractivity contribution in [3.63, 3.8) is 0 Å². The molecule has 1 aromatic rings. The van der Waals surface area contributed by atoms with E-state index < -0.39 is 0 Å². The number of pyridine rings is 1. The van der Waals surface area contributed by atoms with E-state index in [1.165, 1.54) is 12.3 Å². The molecule has 0 saturated carbocycles. The van der Waals surface area contributed by atoms with E-state index in [1.807, 2.05) is 0 Å². The lowest BCUT2D eigenvalue weighted by molar-refractivity contribution is -0.111. The first kappa shape index (κ1) is 8.26. The summed E-state index contributed by atoms with van der Waals surface area (Å²) in [6, 6.07) is 1.62. The number of anilines is 2. The summed E-state index contributed by atoms with van der Waals surface area (Å²) in [6.45, 7) is 3.32. The number of nitrogen functional groups attached to an aromatic ring is 1. The molecule has 0 saturated heterocycles. The second-order valence-corrected chi connectivity index (χ2v) is 2.16. The van der Waals surface area contributed by atoms with Crippen molar-refractivity contribution in [2.24, 2.45) is 0 Å². The van der Waals surface area contributed by atoms with Gasteiger partial charge in [-0.05, 0) is 12.1 Å². The van der Waals surface area contributed by atoms with Crippen molar-refractivity contribution in [3.8, 4) is 0 Å². The molecule has 0 aliphatic carbocycles. The standard InChI is InChI=1S/C8H9N3O/c1-2-8(12)11-7-3-4-10-5-6(7)9/h2-5H,1,9H2,(H,10,11,12). The predicted octanol–water partition coefficient (Wildman–Crippen LogP) is 0.788. The lowest BCUT2D eigenvalue weighted by Gasteiger charge is -2.03. The Balaban J connectivity index is 2.82. The van der Waals surface area contributed by atoms with Gasteiger partial charge < -0.3 is 11.1 Å². The van der Waals surface area contributed by atoms with E-state index in [0.29, 0.717) is 11.4 Å². The first-order chi connectivity index (χ1) is 5.74. The molecule has 0 radical (unpaired) electrons. The normalized spacial score (nSPS) is 9.00. The molecular formula is C8H9N3O. The van der Waals surface area contributed by atoms with Crippen LogP contribution in [0.1, 0.15) is 0 Å². The molecule has 0 fully saturated rings. The van der Waals surface area contributed by atoms with E-state index in [9.17, 15) is 4.79 Å². The number of nitrogens with one attached hydrogen (secondary N) is 1. The average molecular weight is 163 g/mol. The Kier molecular flexibility index (Phi) is 2.42. The maximum Gasteiger partial charge on any atom is 0.247 e. The van der Waals surface area contributed by atoms with Gasteiger partial charge in [0.15, 0.2) is 0 Å². The molecule has 1 aromatic heterocycles. The lowest BCUT2D eigenvalue weighted by Crippen LogP contribution is -2.09. The number of rotatable bonds is 2. The molecule has 0 spiro atoms. The van der Waals surface area contributed by atoms with Crippen LogP contribution in [0.5, 0.6) is 0 Å². The molecule has 0 unspecified atom stereocenters. The third-order valence-electron chi connectivity index (χ3n) is 1.30. The summed E-state index contributed by atoms with van der Waals surface area (Å²) in [7, 11) is 0. The summed E-state index contributed by atoms with van der Waals surface area (Å²) in [5, 5.41) is 2.54. The van der Waals surface area contributed by atoms with Gasteiger partial charge in [-0.15, -0.1) is 0 Å². The van der Waals surface area contributed by atoms with Gasteiger partial charge in [-0.3, -0.25) is 9.78 Å². The topological polar surface area (TPSA) is 68.0 Å². The van der Waals surface area contributed by atoms with E-state index >= 15 is 0 Å². The van der Waals surface area contributed by atoms with Gasteiger partial charge in [0, 0.05) is 6.20 Å². The molecule has 62 valence electrons. The number of amides is 1. The fourth-order valence-corrected chi connectivity index (χ4v) is 0.704. The number of carbonyl (C=O) groups excluding carboxylic acids is 1. The number of aromatic nitrogens is 1. The SMILES string of the molecule is C=CC(=O)Nc1ccncc1N. The maximum atomic E-state index is 10.8. The molecule has 0 atom stereocenters. The highest BCUT2D eigenvalue weighted by Gasteiger charge is 1.99. The molecule has 1 rings (SSSR count). The fraction of sp³-hybridized carbons (Fsp3) is 0. The van der Waals surface area contributed by atoms with Crippen LogP contribution in [0.15, 0.2) is 31.1 Å². The van der Waals surface area contributed by atoms with Crippen molar-refractivity contribution in [1.29, 1.82) is 0 Å². The number of carbonyl (C=O) groups is 1. The van der Waals surface area contributed by atoms with Crippen LogP contribution in [0.3, 0.4) is 0 Å². The number of nitrogens with zero attached hydrogens (tertiary/aromatic N) is 1. The third kappa shape index (κ3) is 1.82. The summed E-state index contributed by atoms with van der Waals surface area (Å²) in [4.78, 5) is 14.6. The number of hydrogen-bond donors (Lipinski definition) is 2. The molecule has 1 heterocycles. The minimum atomic E-state index is -0.284. The Morgan fingerprint density at radius 1 is 1.75 bits per heavy atom. The zero-order valence-electron chi connectivity index (χ0n) is 6.45. The van der Waals surface area contributed by atoms with Crippen LogP contribution in [0.4, 0.5) is 11.4 Å². The monoisotopic (exact) mass is 163 g/mol. The fourth-order valence-electron chi connectivity index (χ4n) is 0.704. The number of hydrogen-bond acceptors (Lipinski definition) is 3. The van der Waals surface area contributed by atoms with Gasteiger partial charge in [-0.1, -0.05) is 6.58 Å². The largest absolute Gasteiger partial charge is 0.396 e. The minimum absolute atomic E-state index is 0.284. The summed E-state index contributed by atoms with van der Waals surface area (Å²) >= 11 is 0. The first-order valence-electron chi connectivity index (χ1n) is 3.37. The zero-order chi connectivity index (χ0) is 8.97. The lowest BCUT2D eigenvalue weighted by atomic mass is 10.3. The Bertz CT molecular complexity index is 309. The average Bonchev–Trinajstić information content (AvgIpc) is 2.09. The van der Waals surface area contributed by atoms with Crippen LogP contribution in [-0.4, -0.2) is 10.9 Å². The zero-order valence-corrected chi connectivity index (χ0v) is 6.45. The van der Waals surface area contributed by atoms with Crippen LogP contribution >= 0.6 is 0 Å². The van der Waals surface area contributed by atoms with Crippen molar-refractivity contribution in [2.45, 2.75) is 0 Å². The van der Waals surface area contributed by atoms with Gasteiger partial charge in [0.1, 0.15) is 0 Å². The van der Waals surface area contributed by atoms with Crippen LogP contribution in [0.25, 0.3) is 0 Å². The molecule has 4 heteroatoms. The third-order valence-corrected chi connectivity index (χ3v) is 1.30. The van der Waals surface area contributed by atoms with Gasteiger partial charge in [0.05, 0.1) is 17.6 Å². The molecule has 12 heavy (non-hydrogen) atoms. The van der Waals surface area contributed by atoms with Gasteiger partial charge in [-0.25, -0.2) is 0 Å². The van der Waals surface area contributed by atoms with E-state index in [2.05, 4.69) is 16.9 Å². The van der Waals surface area contributed by atoms with Gasteiger partial charge >= 0.3 is 0 Å². The number of nitrogens with two attached hydrogens (primary N) is 1. The highest BCUT2D eigenvalue weighted by atomic mass is 16.1. The Morgan fingerprint density at radius 3 is 3.08 bits per heavy atom. The van der Waals surface area contributed by atoms with E-state index in [4.69, 9.17) is 5.73 Å². The minimum Gasteiger partial charge on any atom is -0.396 e. The van der Waals surface area contributed by atoms with Crippen molar-refractivity contribution in [3.05, 3.63) is 31.1 Å². The van der Waals surface area contributed by atoms with Crippen LogP contribution in [0.2, 0.25) is 0 Å². The van der Waals surface area contributed by atoms with E-state index in [-0.39, 0.29) is 5.91 Å². The smallest absolute Gasteiger partial charge is 0.247 e. The highest BCUT2D eigenvalue weighted by Crippen LogP contribution is 2.14. The predicted molar refractivity (Wildman–Crippen MR) is 47.5 cm³/mol. The molecule has 0 bridgehead atoms. The molecule has 0 aliphatic rings. The first-order valence-corrected chi connectivity index (χ1v) is 3.37. The van der Waals surface area contributed by atoms with Gasteiger partial charge in [-0.2, -0.15) is 0 Å². The van der Waals surface area contributed by atoms with E-state index in [1.54, 1.807) is 12.3 Å². The van der Waals surface area contributed by atoms with Gasteiger partial charge in [0.2, 0.25) is 5.91 Å². The van der Waals surface area contributed by atoms with Crippen LogP contribution in [-0.2, 0) is 4.79 Å². The van der Waals surface area contributed by atoms with Crippen molar-refractivity contribution >= 4 is 17.3 Å². The second-order valence-electron chi connectivity index (χ2n) is 2.16. The Labute approximate surface area is 70.1 Å². The quantitative estimate of drug-likeness (QED) is 0.633. The molecule has 1 amide bonds. The van der Waals surface area contributed by atoms with Gasteiger partial charge in [0.25, 0.3) is 0 Å². The summed E-state index contributed by atoms with van der Waals surface area (Å²) in [5.74, 6) is -0.284. The molecule has 0 aromatic carbocycles. The second kappa shape index (κ2) is 3.52. The van der Waals surface area contributed by atoms with Crippen LogP contribution in [0, 0.1) is 0 Å². The van der Waals surface area contributed by atoms with Crippen molar-refractivity contribution in [2.75, 3.05) is 11.1 Å². The van der Waals surface area contributed by atoms with Crippen molar-refractivity contribution in [1.82, 2.24) is 4.98 Å². The molecular weight excluding hydrogens is 154 g/mol. The Morgan fingerprint density at radius 2 is 2.50 bits per heavy atom. The molecule has 3 N–H and O–H groups in total. The van der Waals surface area contributed by atoms with Crippen molar-refractivity contribution < 1.29 is 4.79 Å². The maximum absolute atomic E-state index is 10.8.